The van der Waals surface area contributed by atoms with Crippen LogP contribution in [-0.2, 0) is 54.0 Å². The summed E-state index contributed by atoms with van der Waals surface area (Å²) in [5.41, 5.74) is 2.77. The van der Waals surface area contributed by atoms with Crippen LogP contribution in [0.2, 0.25) is 16.1 Å². The molecular weight excluding hydrogens is 905 g/mol. The van der Waals surface area contributed by atoms with E-state index in [1.165, 1.54) is 14.7 Å². The van der Waals surface area contributed by atoms with Crippen LogP contribution in [0.25, 0.3) is 0 Å². The summed E-state index contributed by atoms with van der Waals surface area (Å²) >= 11 is 0. The monoisotopic (exact) mass is 989 g/mol. The average molecular weight is 989 g/mol. The van der Waals surface area contributed by atoms with E-state index in [-0.39, 0.29) is 47.6 Å². The van der Waals surface area contributed by atoms with Gasteiger partial charge in [-0.15, -0.1) is 0 Å². The van der Waals surface area contributed by atoms with Gasteiger partial charge in [-0.3, -0.25) is 24.1 Å². The molecule has 11 nitrogen and oxygen atoms in total. The van der Waals surface area contributed by atoms with E-state index in [1.807, 2.05) is 121 Å². The Bertz CT molecular complexity index is 2310. The molecule has 4 amide bonds. The largest absolute Gasteiger partial charge is 0.518 e. The quantitative estimate of drug-likeness (QED) is 0.0763. The summed E-state index contributed by atoms with van der Waals surface area (Å²) in [5, 5.41) is -0.546. The van der Waals surface area contributed by atoms with Crippen LogP contribution in [0.5, 0.6) is 0 Å². The van der Waals surface area contributed by atoms with Gasteiger partial charge in [0, 0.05) is 47.1 Å². The van der Waals surface area contributed by atoms with Crippen molar-refractivity contribution >= 4 is 38.1 Å². The molecule has 0 unspecified atom stereocenters. The lowest BCUT2D eigenvalue weighted by Gasteiger charge is -2.51. The maximum atomic E-state index is 15.5. The zero-order valence-electron chi connectivity index (χ0n) is 45.5. The Labute approximate surface area is 427 Å². The molecule has 0 aliphatic heterocycles. The Kier molecular flexibility index (Phi) is 20.4. The van der Waals surface area contributed by atoms with Crippen LogP contribution in [0.4, 0.5) is 4.79 Å². The van der Waals surface area contributed by atoms with Crippen molar-refractivity contribution in [3.05, 3.63) is 144 Å². The van der Waals surface area contributed by atoms with E-state index in [0.29, 0.717) is 18.8 Å². The predicted molar refractivity (Wildman–Crippen MR) is 288 cm³/mol. The fraction of sp³-hybridized carbons (Fsp3) is 0.508. The number of ether oxygens (including phenoxy) is 1. The van der Waals surface area contributed by atoms with Crippen LogP contribution in [0.15, 0.2) is 121 Å². The number of benzene rings is 4. The van der Waals surface area contributed by atoms with Crippen molar-refractivity contribution in [3.63, 3.8) is 0 Å². The number of rotatable bonds is 21. The molecule has 0 saturated heterocycles. The van der Waals surface area contributed by atoms with Gasteiger partial charge < -0.3 is 23.9 Å². The second kappa shape index (κ2) is 25.1. The fourth-order valence-corrected chi connectivity index (χ4v) is 15.7. The van der Waals surface area contributed by atoms with E-state index in [2.05, 4.69) is 55.4 Å². The Morgan fingerprint density at radius 2 is 0.859 bits per heavy atom. The summed E-state index contributed by atoms with van der Waals surface area (Å²) in [6.07, 6.45) is 0.728. The first-order chi connectivity index (χ1) is 33.2. The van der Waals surface area contributed by atoms with Crippen LogP contribution in [0, 0.1) is 5.92 Å². The molecule has 0 bridgehead atoms. The molecule has 4 aromatic rings. The first-order valence-electron chi connectivity index (χ1n) is 25.3. The van der Waals surface area contributed by atoms with Crippen LogP contribution in [-0.4, -0.2) is 116 Å². The van der Waals surface area contributed by atoms with Crippen LogP contribution < -0.4 is 0 Å². The third kappa shape index (κ3) is 16.1. The van der Waals surface area contributed by atoms with Crippen molar-refractivity contribution in [3.8, 4) is 0 Å². The summed E-state index contributed by atoms with van der Waals surface area (Å²) in [7, 11) is 3.65. The lowest BCUT2D eigenvalue weighted by molar-refractivity contribution is -0.152. The first kappa shape index (κ1) is 57.8. The SMILES string of the molecule is CC(C)C[Si](OC(=O)C[C@H](Cc1ccccc1)N(C)C(=O)[C@H](CCc1ccccc1)N(C)C(=O)[C@H](Cc1ccccc1)N(C)C(=O)[C@H](Cc1ccccc1)N(C)C(=O)OC(C)(C)C)(C(C)(C)C)C(C)(C)C. The second-order valence-corrected chi connectivity index (χ2v) is 28.1. The molecule has 0 N–H and O–H groups in total. The predicted octanol–water partition coefficient (Wildman–Crippen LogP) is 11.2. The smallest absolute Gasteiger partial charge is 0.410 e. The topological polar surface area (TPSA) is 117 Å². The molecule has 0 aromatic heterocycles. The average Bonchev–Trinajstić information content (AvgIpc) is 3.30. The van der Waals surface area contributed by atoms with Gasteiger partial charge in [0.05, 0.1) is 6.42 Å². The number of hydrogen-bond donors (Lipinski definition) is 0. The highest BCUT2D eigenvalue weighted by atomic mass is 28.4. The highest BCUT2D eigenvalue weighted by molar-refractivity contribution is 6.80. The minimum absolute atomic E-state index is 0.0406. The van der Waals surface area contributed by atoms with Crippen LogP contribution in [0.3, 0.4) is 0 Å². The Morgan fingerprint density at radius 3 is 1.25 bits per heavy atom. The molecule has 4 atom stereocenters. The molecule has 4 aromatic carbocycles. The Balaban J connectivity index is 1.80. The van der Waals surface area contributed by atoms with E-state index >= 15 is 14.4 Å². The maximum absolute atomic E-state index is 15.5. The zero-order valence-corrected chi connectivity index (χ0v) is 46.5. The summed E-state index contributed by atoms with van der Waals surface area (Å²) < 4.78 is 12.7. The summed E-state index contributed by atoms with van der Waals surface area (Å²) in [5.74, 6) is -1.27. The minimum atomic E-state index is -2.84. The summed E-state index contributed by atoms with van der Waals surface area (Å²) in [6, 6.07) is 35.6. The Hall–Kier alpha value is -5.75. The Morgan fingerprint density at radius 1 is 0.493 bits per heavy atom. The van der Waals surface area contributed by atoms with Gasteiger partial charge in [0.2, 0.25) is 17.7 Å². The van der Waals surface area contributed by atoms with E-state index in [0.717, 1.165) is 28.3 Å². The van der Waals surface area contributed by atoms with Crippen molar-refractivity contribution in [2.24, 2.45) is 5.92 Å². The van der Waals surface area contributed by atoms with Gasteiger partial charge in [-0.1, -0.05) is 177 Å². The van der Waals surface area contributed by atoms with Crippen molar-refractivity contribution in [2.45, 2.75) is 161 Å². The number of amides is 4. The number of likely N-dealkylation sites (N-methyl/N-ethyl adjacent to an activating group) is 4. The molecule has 0 aliphatic carbocycles. The molecule has 71 heavy (non-hydrogen) atoms. The molecule has 386 valence electrons. The third-order valence-corrected chi connectivity index (χ3v) is 20.6. The van der Waals surface area contributed by atoms with Gasteiger partial charge in [0.15, 0.2) is 0 Å². The molecule has 0 radical (unpaired) electrons. The van der Waals surface area contributed by atoms with Gasteiger partial charge in [-0.05, 0) is 84.3 Å². The minimum Gasteiger partial charge on any atom is -0.518 e. The number of hydrogen-bond acceptors (Lipinski definition) is 7. The van der Waals surface area contributed by atoms with Crippen molar-refractivity contribution in [2.75, 3.05) is 28.2 Å². The zero-order chi connectivity index (χ0) is 52.9. The standard InChI is InChI=1S/C59H84N4O7Si/c1-43(2)42-71(58(6,7)8,59(9,10)11)70-52(64)41-48(38-45-30-22-17-23-31-45)60(12)53(65)49(37-36-44-28-20-16-21-29-44)61(13)54(66)50(39-46-32-24-18-25-33-46)62(14)55(67)51(40-47-34-26-19-27-35-47)63(15)56(68)69-57(3,4)5/h16-35,43,48-51H,36-42H2,1-15H3/t48-,49-,50-,51-/m0/s1. The van der Waals surface area contributed by atoms with E-state index in [1.54, 1.807) is 53.9 Å². The lowest BCUT2D eigenvalue weighted by atomic mass is 9.97. The second-order valence-electron chi connectivity index (χ2n) is 22.8. The molecule has 0 aliphatic rings. The molecular formula is C59H84N4O7Si. The van der Waals surface area contributed by atoms with Gasteiger partial charge in [-0.25, -0.2) is 4.79 Å². The van der Waals surface area contributed by atoms with E-state index in [9.17, 15) is 9.59 Å². The molecule has 0 fully saturated rings. The van der Waals surface area contributed by atoms with Gasteiger partial charge >= 0.3 is 6.09 Å². The number of carbonyl (C=O) groups excluding carboxylic acids is 5. The fourth-order valence-electron chi connectivity index (χ4n) is 9.86. The maximum Gasteiger partial charge on any atom is 0.410 e. The van der Waals surface area contributed by atoms with Crippen molar-refractivity contribution < 1.29 is 33.1 Å². The number of nitrogens with zero attached hydrogens (tertiary/aromatic N) is 4. The first-order valence-corrected chi connectivity index (χ1v) is 27.4. The van der Waals surface area contributed by atoms with Gasteiger partial charge in [0.1, 0.15) is 23.7 Å². The normalized spacial score (nSPS) is 13.9. The van der Waals surface area contributed by atoms with E-state index in [4.69, 9.17) is 9.16 Å². The highest BCUT2D eigenvalue weighted by Crippen LogP contribution is 2.55. The molecule has 0 heterocycles. The molecule has 0 spiro atoms. The lowest BCUT2D eigenvalue weighted by Crippen LogP contribution is -2.59. The number of aryl methyl sites for hydroxylation is 1. The number of carbonyl (C=O) groups is 5. The van der Waals surface area contributed by atoms with Crippen molar-refractivity contribution in [1.82, 2.24) is 19.6 Å². The summed E-state index contributed by atoms with van der Waals surface area (Å²) in [6.45, 7) is 22.7. The van der Waals surface area contributed by atoms with E-state index < -0.39 is 56.0 Å². The summed E-state index contributed by atoms with van der Waals surface area (Å²) in [4.78, 5) is 80.3. The third-order valence-electron chi connectivity index (χ3n) is 13.7. The highest BCUT2D eigenvalue weighted by Gasteiger charge is 2.58. The van der Waals surface area contributed by atoms with Crippen LogP contribution >= 0.6 is 0 Å². The molecule has 4 rings (SSSR count). The molecule has 12 heteroatoms. The van der Waals surface area contributed by atoms with Crippen molar-refractivity contribution in [1.29, 1.82) is 0 Å². The molecule has 0 saturated carbocycles. The van der Waals surface area contributed by atoms with Crippen LogP contribution in [0.1, 0.15) is 111 Å². The van der Waals surface area contributed by atoms with Gasteiger partial charge in [-0.2, -0.15) is 0 Å². The van der Waals surface area contributed by atoms with Gasteiger partial charge in [0.25, 0.3) is 14.3 Å².